The van der Waals surface area contributed by atoms with Crippen LogP contribution in [0.5, 0.6) is 0 Å². The molecule has 1 aromatic rings. The second kappa shape index (κ2) is 21.8. The average Bonchev–Trinajstić information content (AvgIpc) is 2.79. The van der Waals surface area contributed by atoms with E-state index in [0.29, 0.717) is 19.6 Å². The molecule has 0 aromatic heterocycles. The van der Waals surface area contributed by atoms with Gasteiger partial charge in [0.15, 0.2) is 0 Å². The molecule has 188 valence electrons. The van der Waals surface area contributed by atoms with Crippen molar-refractivity contribution in [2.75, 3.05) is 46.1 Å². The van der Waals surface area contributed by atoms with Gasteiger partial charge in [0, 0.05) is 19.6 Å². The molecule has 0 aliphatic carbocycles. The molecule has 8 heteroatoms. The second-order valence-electron chi connectivity index (χ2n) is 7.78. The first-order valence-corrected chi connectivity index (χ1v) is 13.4. The van der Waals surface area contributed by atoms with Crippen LogP contribution in [-0.2, 0) is 14.3 Å². The summed E-state index contributed by atoms with van der Waals surface area (Å²) >= 11 is 0. The minimum absolute atomic E-state index is 0.0694. The molecule has 0 radical (unpaired) electrons. The van der Waals surface area contributed by atoms with Crippen LogP contribution in [0.2, 0.25) is 0 Å². The fraction of sp³-hybridized carbons (Fsp3) is 0.750. The Morgan fingerprint density at radius 3 is 1.59 bits per heavy atom. The van der Waals surface area contributed by atoms with Crippen molar-refractivity contribution in [1.29, 1.82) is 0 Å². The van der Waals surface area contributed by atoms with Crippen LogP contribution in [-0.4, -0.2) is 74.7 Å². The Kier molecular flexibility index (Phi) is 21.1. The van der Waals surface area contributed by atoms with Gasteiger partial charge in [0.2, 0.25) is 0 Å². The Bertz CT molecular complexity index is 598. The van der Waals surface area contributed by atoms with Gasteiger partial charge >= 0.3 is 0 Å². The predicted octanol–water partition coefficient (Wildman–Crippen LogP) is 3.58. The van der Waals surface area contributed by atoms with Crippen molar-refractivity contribution in [2.45, 2.75) is 76.0 Å². The highest BCUT2D eigenvalue weighted by molar-refractivity contribution is 7.86. The zero-order chi connectivity index (χ0) is 23.9. The number of aliphatic hydroxyl groups is 3. The highest BCUT2D eigenvalue weighted by atomic mass is 32.2. The maximum absolute atomic E-state index is 11.9. The Morgan fingerprint density at radius 2 is 1.16 bits per heavy atom. The van der Waals surface area contributed by atoms with E-state index in [4.69, 9.17) is 19.5 Å². The molecule has 0 spiro atoms. The van der Waals surface area contributed by atoms with Crippen LogP contribution in [0.4, 0.5) is 0 Å². The first-order valence-electron chi connectivity index (χ1n) is 12.0. The van der Waals surface area contributed by atoms with E-state index in [1.54, 1.807) is 35.2 Å². The lowest BCUT2D eigenvalue weighted by molar-refractivity contribution is 0.136. The van der Waals surface area contributed by atoms with Crippen molar-refractivity contribution in [3.8, 4) is 0 Å². The van der Waals surface area contributed by atoms with Gasteiger partial charge in [-0.15, -0.1) is 0 Å². The molecule has 0 amide bonds. The molecule has 0 saturated carbocycles. The van der Waals surface area contributed by atoms with Crippen molar-refractivity contribution in [1.82, 2.24) is 4.90 Å². The maximum Gasteiger partial charge on any atom is 0.296 e. The molecule has 3 N–H and O–H groups in total. The predicted molar refractivity (Wildman–Crippen MR) is 129 cm³/mol. The lowest BCUT2D eigenvalue weighted by Crippen LogP contribution is -2.32. The van der Waals surface area contributed by atoms with Crippen LogP contribution in [0.1, 0.15) is 71.1 Å². The average molecular weight is 476 g/mol. The van der Waals surface area contributed by atoms with Crippen molar-refractivity contribution in [3.05, 3.63) is 30.3 Å². The quantitative estimate of drug-likeness (QED) is 0.207. The molecule has 0 aliphatic rings. The molecule has 0 atom stereocenters. The summed E-state index contributed by atoms with van der Waals surface area (Å²) in [4.78, 5) is 2.03. The van der Waals surface area contributed by atoms with Gasteiger partial charge in [0.1, 0.15) is 0 Å². The number of benzene rings is 1. The smallest absolute Gasteiger partial charge is 0.296 e. The van der Waals surface area contributed by atoms with Gasteiger partial charge in [-0.25, -0.2) is 0 Å². The minimum Gasteiger partial charge on any atom is -0.395 e. The van der Waals surface area contributed by atoms with Gasteiger partial charge in [-0.05, 0) is 18.6 Å². The topological polar surface area (TPSA) is 107 Å². The first kappa shape index (κ1) is 31.0. The van der Waals surface area contributed by atoms with Gasteiger partial charge in [0.05, 0.1) is 31.3 Å². The Balaban J connectivity index is 0.000000809. The van der Waals surface area contributed by atoms with Crippen LogP contribution in [0.15, 0.2) is 35.2 Å². The van der Waals surface area contributed by atoms with Crippen molar-refractivity contribution < 1.29 is 27.9 Å². The SMILES string of the molecule is CCCCCCCCCCCCOS(=O)(=O)c1ccccc1.OCCN(CCO)CCO. The van der Waals surface area contributed by atoms with E-state index >= 15 is 0 Å². The van der Waals surface area contributed by atoms with Crippen molar-refractivity contribution in [2.24, 2.45) is 0 Å². The lowest BCUT2D eigenvalue weighted by atomic mass is 10.1. The standard InChI is InChI=1S/C18H30O3S.C6H15NO3/c1-2-3-4-5-6-7-8-9-10-14-17-21-22(19,20)18-15-12-11-13-16-18;8-4-1-7(2-5-9)3-6-10/h11-13,15-16H,2-10,14,17H2,1H3;8-10H,1-6H2. The molecule has 1 aromatic carbocycles. The van der Waals surface area contributed by atoms with Crippen molar-refractivity contribution in [3.63, 3.8) is 0 Å². The molecule has 1 rings (SSSR count). The van der Waals surface area contributed by atoms with E-state index in [2.05, 4.69) is 6.92 Å². The lowest BCUT2D eigenvalue weighted by Gasteiger charge is -2.17. The van der Waals surface area contributed by atoms with Gasteiger partial charge in [-0.2, -0.15) is 8.42 Å². The van der Waals surface area contributed by atoms with Crippen LogP contribution in [0.25, 0.3) is 0 Å². The third kappa shape index (κ3) is 17.5. The molecule has 0 fully saturated rings. The maximum atomic E-state index is 11.9. The fourth-order valence-electron chi connectivity index (χ4n) is 3.17. The highest BCUT2D eigenvalue weighted by Gasteiger charge is 2.13. The first-order chi connectivity index (χ1) is 15.5. The summed E-state index contributed by atoms with van der Waals surface area (Å²) in [6, 6.07) is 8.33. The summed E-state index contributed by atoms with van der Waals surface area (Å²) < 4.78 is 28.8. The molecule has 0 saturated heterocycles. The Morgan fingerprint density at radius 1 is 0.719 bits per heavy atom. The summed E-state index contributed by atoms with van der Waals surface area (Å²) in [6.07, 6.45) is 12.3. The number of aliphatic hydroxyl groups excluding tert-OH is 3. The van der Waals surface area contributed by atoms with Crippen molar-refractivity contribution >= 4 is 10.1 Å². The summed E-state index contributed by atoms with van der Waals surface area (Å²) in [5.74, 6) is 0. The van der Waals surface area contributed by atoms with Crippen LogP contribution in [0.3, 0.4) is 0 Å². The van der Waals surface area contributed by atoms with Crippen LogP contribution < -0.4 is 0 Å². The normalized spacial score (nSPS) is 11.4. The van der Waals surface area contributed by atoms with E-state index in [1.165, 1.54) is 51.4 Å². The number of hydrogen-bond acceptors (Lipinski definition) is 7. The molecular formula is C24H45NO6S. The summed E-state index contributed by atoms with van der Waals surface area (Å²) in [6.45, 7) is 4.27. The van der Waals surface area contributed by atoms with E-state index in [0.717, 1.165) is 12.8 Å². The highest BCUT2D eigenvalue weighted by Crippen LogP contribution is 2.13. The monoisotopic (exact) mass is 475 g/mol. The third-order valence-electron chi connectivity index (χ3n) is 5.02. The second-order valence-corrected chi connectivity index (χ2v) is 9.40. The number of rotatable bonds is 19. The zero-order valence-electron chi connectivity index (χ0n) is 19.8. The van der Waals surface area contributed by atoms with Gasteiger partial charge in [0.25, 0.3) is 10.1 Å². The van der Waals surface area contributed by atoms with Gasteiger partial charge in [-0.3, -0.25) is 9.08 Å². The summed E-state index contributed by atoms with van der Waals surface area (Å²) in [5.41, 5.74) is 0. The molecule has 7 nitrogen and oxygen atoms in total. The fourth-order valence-corrected chi connectivity index (χ4v) is 4.14. The summed E-state index contributed by atoms with van der Waals surface area (Å²) in [5, 5.41) is 25.5. The van der Waals surface area contributed by atoms with Crippen LogP contribution in [0, 0.1) is 0 Å². The molecule has 0 unspecified atom stereocenters. The summed E-state index contributed by atoms with van der Waals surface area (Å²) in [7, 11) is -3.57. The molecule has 0 bridgehead atoms. The number of hydrogen-bond donors (Lipinski definition) is 3. The van der Waals surface area contributed by atoms with Gasteiger partial charge in [-0.1, -0.05) is 82.9 Å². The Labute approximate surface area is 195 Å². The Hall–Kier alpha value is -1.03. The van der Waals surface area contributed by atoms with E-state index in [1.807, 2.05) is 0 Å². The molecule has 0 aliphatic heterocycles. The third-order valence-corrected chi connectivity index (χ3v) is 6.34. The molecule has 32 heavy (non-hydrogen) atoms. The van der Waals surface area contributed by atoms with E-state index in [9.17, 15) is 8.42 Å². The van der Waals surface area contributed by atoms with Crippen LogP contribution >= 0.6 is 0 Å². The zero-order valence-corrected chi connectivity index (χ0v) is 20.6. The van der Waals surface area contributed by atoms with Gasteiger partial charge < -0.3 is 15.3 Å². The number of nitrogens with zero attached hydrogens (tertiary/aromatic N) is 1. The largest absolute Gasteiger partial charge is 0.395 e. The van der Waals surface area contributed by atoms with E-state index in [-0.39, 0.29) is 31.3 Å². The molecule has 0 heterocycles. The minimum atomic E-state index is -3.57. The molecular weight excluding hydrogens is 430 g/mol. The number of unbranched alkanes of at least 4 members (excludes halogenated alkanes) is 9. The van der Waals surface area contributed by atoms with E-state index < -0.39 is 10.1 Å².